The Bertz CT molecular complexity index is 865. The first-order chi connectivity index (χ1) is 13.0. The van der Waals surface area contributed by atoms with Gasteiger partial charge >= 0.3 is 5.63 Å². The van der Waals surface area contributed by atoms with Crippen molar-refractivity contribution in [2.75, 3.05) is 6.54 Å². The van der Waals surface area contributed by atoms with Crippen LogP contribution in [0.1, 0.15) is 66.3 Å². The van der Waals surface area contributed by atoms with Crippen molar-refractivity contribution < 1.29 is 13.9 Å². The number of hydrogen-bond donors (Lipinski definition) is 1. The van der Waals surface area contributed by atoms with E-state index in [4.69, 9.17) is 9.15 Å². The van der Waals surface area contributed by atoms with Crippen LogP contribution >= 0.6 is 0 Å². The summed E-state index contributed by atoms with van der Waals surface area (Å²) in [5, 5.41) is 2.83. The van der Waals surface area contributed by atoms with Gasteiger partial charge in [-0.2, -0.15) is 0 Å². The van der Waals surface area contributed by atoms with Crippen molar-refractivity contribution in [3.05, 3.63) is 63.2 Å². The Morgan fingerprint density at radius 1 is 1.30 bits per heavy atom. The molecule has 1 N–H and O–H groups in total. The van der Waals surface area contributed by atoms with Crippen molar-refractivity contribution in [2.45, 2.75) is 58.5 Å². The van der Waals surface area contributed by atoms with E-state index in [1.165, 1.54) is 0 Å². The molecule has 1 saturated carbocycles. The van der Waals surface area contributed by atoms with E-state index in [1.807, 2.05) is 44.2 Å². The van der Waals surface area contributed by atoms with Gasteiger partial charge < -0.3 is 14.5 Å². The lowest BCUT2D eigenvalue weighted by Gasteiger charge is -2.24. The topological polar surface area (TPSA) is 68.5 Å². The van der Waals surface area contributed by atoms with Crippen LogP contribution in [-0.4, -0.2) is 18.6 Å². The van der Waals surface area contributed by atoms with Gasteiger partial charge in [-0.25, -0.2) is 4.79 Å². The van der Waals surface area contributed by atoms with Gasteiger partial charge in [0.1, 0.15) is 17.1 Å². The van der Waals surface area contributed by atoms with Crippen molar-refractivity contribution in [3.8, 4) is 5.75 Å². The molecule has 0 bridgehead atoms. The molecule has 1 aromatic heterocycles. The summed E-state index contributed by atoms with van der Waals surface area (Å²) in [6.07, 6.45) is 3.97. The number of aryl methyl sites for hydroxylation is 1. The number of rotatable bonds is 7. The van der Waals surface area contributed by atoms with Gasteiger partial charge in [0.05, 0.1) is 6.10 Å². The number of carbonyl (C=O) groups excluding carboxylic acids is 1. The third kappa shape index (κ3) is 4.59. The Morgan fingerprint density at radius 3 is 2.67 bits per heavy atom. The van der Waals surface area contributed by atoms with E-state index in [2.05, 4.69) is 5.32 Å². The lowest BCUT2D eigenvalue weighted by atomic mass is 9.83. The molecular weight excluding hydrogens is 342 g/mol. The number of ether oxygens (including phenoxy) is 1. The first-order valence-electron chi connectivity index (χ1n) is 9.63. The number of amides is 1. The number of para-hydroxylation sites is 1. The molecule has 1 heterocycles. The van der Waals surface area contributed by atoms with Crippen LogP contribution < -0.4 is 15.7 Å². The third-order valence-electron chi connectivity index (χ3n) is 4.92. The maximum Gasteiger partial charge on any atom is 0.349 e. The molecule has 1 amide bonds. The molecule has 0 saturated heterocycles. The summed E-state index contributed by atoms with van der Waals surface area (Å²) in [7, 11) is 0. The molecule has 1 aromatic carbocycles. The summed E-state index contributed by atoms with van der Waals surface area (Å²) in [6, 6.07) is 9.62. The molecular formula is C22H27NO4. The van der Waals surface area contributed by atoms with Gasteiger partial charge in [-0.1, -0.05) is 24.6 Å². The van der Waals surface area contributed by atoms with E-state index in [0.29, 0.717) is 30.2 Å². The SMILES string of the molecule is Cc1cc(C2CCC2)oc(=O)c1C(=O)NCCc1ccccc1OC(C)C. The number of carbonyl (C=O) groups is 1. The number of nitrogens with one attached hydrogen (secondary N) is 1. The largest absolute Gasteiger partial charge is 0.491 e. The minimum absolute atomic E-state index is 0.0854. The Balaban J connectivity index is 1.64. The Labute approximate surface area is 159 Å². The zero-order valence-corrected chi connectivity index (χ0v) is 16.2. The van der Waals surface area contributed by atoms with Crippen LogP contribution in [0.4, 0.5) is 0 Å². The zero-order valence-electron chi connectivity index (χ0n) is 16.2. The molecule has 0 unspecified atom stereocenters. The highest BCUT2D eigenvalue weighted by atomic mass is 16.5. The molecule has 1 fully saturated rings. The van der Waals surface area contributed by atoms with Gasteiger partial charge in [0.25, 0.3) is 5.91 Å². The monoisotopic (exact) mass is 369 g/mol. The molecule has 0 radical (unpaired) electrons. The van der Waals surface area contributed by atoms with Crippen molar-refractivity contribution in [1.29, 1.82) is 0 Å². The molecule has 1 aliphatic carbocycles. The van der Waals surface area contributed by atoms with Gasteiger partial charge in [-0.3, -0.25) is 4.79 Å². The normalized spacial score (nSPS) is 14.1. The van der Waals surface area contributed by atoms with Crippen LogP contribution in [0.15, 0.2) is 39.5 Å². The Morgan fingerprint density at radius 2 is 2.04 bits per heavy atom. The first kappa shape index (κ1) is 19.2. The van der Waals surface area contributed by atoms with Gasteiger partial charge in [0.15, 0.2) is 0 Å². The molecule has 0 spiro atoms. The van der Waals surface area contributed by atoms with Crippen molar-refractivity contribution in [3.63, 3.8) is 0 Å². The summed E-state index contributed by atoms with van der Waals surface area (Å²) in [5.74, 6) is 1.47. The fraction of sp³-hybridized carbons (Fsp3) is 0.455. The van der Waals surface area contributed by atoms with Gasteiger partial charge in [0, 0.05) is 12.5 Å². The summed E-state index contributed by atoms with van der Waals surface area (Å²) >= 11 is 0. The fourth-order valence-corrected chi connectivity index (χ4v) is 3.28. The molecule has 3 rings (SSSR count). The lowest BCUT2D eigenvalue weighted by molar-refractivity contribution is 0.0948. The maximum atomic E-state index is 12.5. The predicted molar refractivity (Wildman–Crippen MR) is 105 cm³/mol. The van der Waals surface area contributed by atoms with Crippen LogP contribution in [0.2, 0.25) is 0 Å². The highest BCUT2D eigenvalue weighted by molar-refractivity contribution is 5.95. The molecule has 0 aliphatic heterocycles. The van der Waals surface area contributed by atoms with Crippen LogP contribution in [0.3, 0.4) is 0 Å². The molecule has 144 valence electrons. The van der Waals surface area contributed by atoms with Crippen LogP contribution in [0.5, 0.6) is 5.75 Å². The van der Waals surface area contributed by atoms with E-state index in [0.717, 1.165) is 30.6 Å². The second kappa shape index (κ2) is 8.42. The maximum absolute atomic E-state index is 12.5. The van der Waals surface area contributed by atoms with Crippen molar-refractivity contribution in [1.82, 2.24) is 5.32 Å². The van der Waals surface area contributed by atoms with Crippen LogP contribution in [-0.2, 0) is 6.42 Å². The minimum atomic E-state index is -0.544. The fourth-order valence-electron chi connectivity index (χ4n) is 3.28. The standard InChI is InChI=1S/C22H27NO4/c1-14(2)26-18-10-5-4-7-17(18)11-12-23-21(24)20-15(3)13-19(27-22(20)25)16-8-6-9-16/h4-5,7,10,13-14,16H,6,8-9,11-12H2,1-3H3,(H,23,24). The van der Waals surface area contributed by atoms with Crippen molar-refractivity contribution >= 4 is 5.91 Å². The summed E-state index contributed by atoms with van der Waals surface area (Å²) in [4.78, 5) is 24.8. The second-order valence-corrected chi connectivity index (χ2v) is 7.40. The zero-order chi connectivity index (χ0) is 19.4. The van der Waals surface area contributed by atoms with Crippen molar-refractivity contribution in [2.24, 2.45) is 0 Å². The van der Waals surface area contributed by atoms with E-state index in [9.17, 15) is 9.59 Å². The number of hydrogen-bond acceptors (Lipinski definition) is 4. The van der Waals surface area contributed by atoms with E-state index < -0.39 is 5.63 Å². The van der Waals surface area contributed by atoms with Gasteiger partial charge in [0.2, 0.25) is 0 Å². The second-order valence-electron chi connectivity index (χ2n) is 7.40. The smallest absolute Gasteiger partial charge is 0.349 e. The van der Waals surface area contributed by atoms with E-state index >= 15 is 0 Å². The quantitative estimate of drug-likeness (QED) is 0.802. The molecule has 2 aromatic rings. The Kier molecular flexibility index (Phi) is 5.99. The molecule has 0 atom stereocenters. The lowest BCUT2D eigenvalue weighted by Crippen LogP contribution is -2.31. The Hall–Kier alpha value is -2.56. The molecule has 27 heavy (non-hydrogen) atoms. The molecule has 1 aliphatic rings. The highest BCUT2D eigenvalue weighted by Crippen LogP contribution is 2.36. The minimum Gasteiger partial charge on any atom is -0.491 e. The van der Waals surface area contributed by atoms with Gasteiger partial charge in [-0.15, -0.1) is 0 Å². The van der Waals surface area contributed by atoms with Gasteiger partial charge in [-0.05, 0) is 63.3 Å². The molecule has 5 heteroatoms. The van der Waals surface area contributed by atoms with E-state index in [-0.39, 0.29) is 17.6 Å². The first-order valence-corrected chi connectivity index (χ1v) is 9.63. The summed E-state index contributed by atoms with van der Waals surface area (Å²) in [6.45, 7) is 6.17. The predicted octanol–water partition coefficient (Wildman–Crippen LogP) is 3.98. The highest BCUT2D eigenvalue weighted by Gasteiger charge is 2.25. The van der Waals surface area contributed by atoms with Crippen LogP contribution in [0, 0.1) is 6.92 Å². The third-order valence-corrected chi connectivity index (χ3v) is 4.92. The molecule has 5 nitrogen and oxygen atoms in total. The summed E-state index contributed by atoms with van der Waals surface area (Å²) < 4.78 is 11.2. The summed E-state index contributed by atoms with van der Waals surface area (Å²) in [5.41, 5.74) is 1.26. The van der Waals surface area contributed by atoms with Crippen LogP contribution in [0.25, 0.3) is 0 Å². The van der Waals surface area contributed by atoms with E-state index in [1.54, 1.807) is 6.92 Å². The average molecular weight is 369 g/mol. The average Bonchev–Trinajstić information content (AvgIpc) is 2.53. The number of benzene rings is 1.